The fourth-order valence-electron chi connectivity index (χ4n) is 4.00. The van der Waals surface area contributed by atoms with Crippen LogP contribution < -0.4 is 10.2 Å². The Hall–Kier alpha value is -3.60. The Morgan fingerprint density at radius 1 is 1.13 bits per heavy atom. The van der Waals surface area contributed by atoms with E-state index in [1.165, 1.54) is 0 Å². The average molecular weight is 537 g/mol. The summed E-state index contributed by atoms with van der Waals surface area (Å²) in [6.07, 6.45) is 0.401. The van der Waals surface area contributed by atoms with Crippen LogP contribution in [0.15, 0.2) is 35.4 Å². The second-order valence-electron chi connectivity index (χ2n) is 9.78. The lowest BCUT2D eigenvalue weighted by Gasteiger charge is -2.30. The minimum atomic E-state index is -0.667. The van der Waals surface area contributed by atoms with E-state index in [-0.39, 0.29) is 41.9 Å². The largest absolute Gasteiger partial charge is 0.396 e. The van der Waals surface area contributed by atoms with Gasteiger partial charge in [0.1, 0.15) is 28.2 Å². The summed E-state index contributed by atoms with van der Waals surface area (Å²) in [5.41, 5.74) is 1.31. The van der Waals surface area contributed by atoms with Gasteiger partial charge >= 0.3 is 0 Å². The SMILES string of the molecule is CCNC(=O)C(Sc1nc(N(C)CC(=O)N(C)CC(C)(C)CO)c(C#N)c(CC)c1C#N)c1ccccc1. The van der Waals surface area contributed by atoms with Crippen molar-refractivity contribution in [2.24, 2.45) is 5.41 Å². The van der Waals surface area contributed by atoms with E-state index in [0.29, 0.717) is 30.1 Å². The molecule has 38 heavy (non-hydrogen) atoms. The van der Waals surface area contributed by atoms with Crippen LogP contribution in [0.5, 0.6) is 0 Å². The summed E-state index contributed by atoms with van der Waals surface area (Å²) >= 11 is 1.15. The van der Waals surface area contributed by atoms with Crippen LogP contribution in [0.1, 0.15) is 55.2 Å². The van der Waals surface area contributed by atoms with Crippen molar-refractivity contribution in [1.29, 1.82) is 10.5 Å². The summed E-state index contributed by atoms with van der Waals surface area (Å²) in [6, 6.07) is 13.6. The number of carbonyl (C=O) groups excluding carboxylic acids is 2. The number of anilines is 1. The number of pyridine rings is 1. The third-order valence-electron chi connectivity index (χ3n) is 6.00. The quantitative estimate of drug-likeness (QED) is 0.395. The van der Waals surface area contributed by atoms with Crippen LogP contribution in [0.2, 0.25) is 0 Å². The van der Waals surface area contributed by atoms with Gasteiger partial charge in [0.15, 0.2) is 0 Å². The van der Waals surface area contributed by atoms with E-state index in [1.54, 1.807) is 23.9 Å². The molecule has 1 aromatic carbocycles. The zero-order valence-corrected chi connectivity index (χ0v) is 23.7. The fourth-order valence-corrected chi connectivity index (χ4v) is 5.14. The molecule has 0 radical (unpaired) electrons. The van der Waals surface area contributed by atoms with E-state index < -0.39 is 10.7 Å². The third-order valence-corrected chi connectivity index (χ3v) is 7.24. The van der Waals surface area contributed by atoms with Gasteiger partial charge in [-0.3, -0.25) is 9.59 Å². The predicted octanol–water partition coefficient (Wildman–Crippen LogP) is 3.27. The number of nitriles is 2. The Morgan fingerprint density at radius 2 is 1.76 bits per heavy atom. The fraction of sp³-hybridized carbons (Fsp3) is 0.464. The second-order valence-corrected chi connectivity index (χ2v) is 10.9. The van der Waals surface area contributed by atoms with E-state index in [9.17, 15) is 25.2 Å². The van der Waals surface area contributed by atoms with E-state index >= 15 is 0 Å². The number of aromatic nitrogens is 1. The summed E-state index contributed by atoms with van der Waals surface area (Å²) < 4.78 is 0. The van der Waals surface area contributed by atoms with E-state index in [1.807, 2.05) is 58.0 Å². The van der Waals surface area contributed by atoms with Crippen LogP contribution in [0.3, 0.4) is 0 Å². The molecule has 0 saturated carbocycles. The molecule has 1 aromatic heterocycles. The smallest absolute Gasteiger partial charge is 0.241 e. The highest BCUT2D eigenvalue weighted by Crippen LogP contribution is 2.39. The Labute approximate surface area is 229 Å². The van der Waals surface area contributed by atoms with Crippen LogP contribution in [0.4, 0.5) is 5.82 Å². The molecule has 1 unspecified atom stereocenters. The highest BCUT2D eigenvalue weighted by molar-refractivity contribution is 8.00. The first-order valence-electron chi connectivity index (χ1n) is 12.5. The highest BCUT2D eigenvalue weighted by atomic mass is 32.2. The number of aliphatic hydroxyl groups excluding tert-OH is 1. The van der Waals surface area contributed by atoms with Gasteiger partial charge in [-0.05, 0) is 24.5 Å². The molecule has 0 aliphatic carbocycles. The molecule has 0 aliphatic rings. The monoisotopic (exact) mass is 536 g/mol. The molecule has 2 aromatic rings. The first kappa shape index (κ1) is 30.6. The topological polar surface area (TPSA) is 133 Å². The molecule has 0 spiro atoms. The molecule has 2 N–H and O–H groups in total. The third kappa shape index (κ3) is 7.47. The van der Waals surface area contributed by atoms with Crippen LogP contribution in [0.25, 0.3) is 0 Å². The number of likely N-dealkylation sites (N-methyl/N-ethyl adjacent to an activating group) is 3. The number of nitrogens with one attached hydrogen (secondary N) is 1. The molecule has 0 fully saturated rings. The molecule has 0 bridgehead atoms. The maximum Gasteiger partial charge on any atom is 0.241 e. The number of amides is 2. The Bertz CT molecular complexity index is 1220. The predicted molar refractivity (Wildman–Crippen MR) is 149 cm³/mol. The molecule has 2 rings (SSSR count). The number of rotatable bonds is 12. The summed E-state index contributed by atoms with van der Waals surface area (Å²) in [5, 5.41) is 32.1. The van der Waals surface area contributed by atoms with Crippen LogP contribution in [-0.2, 0) is 16.0 Å². The minimum Gasteiger partial charge on any atom is -0.396 e. The summed E-state index contributed by atoms with van der Waals surface area (Å²) in [6.45, 7) is 8.10. The molecule has 202 valence electrons. The van der Waals surface area contributed by atoms with Crippen LogP contribution >= 0.6 is 11.8 Å². The molecule has 10 heteroatoms. The van der Waals surface area contributed by atoms with Gasteiger partial charge in [0.25, 0.3) is 0 Å². The Kier molecular flexibility index (Phi) is 11.1. The molecule has 1 heterocycles. The number of benzene rings is 1. The maximum absolute atomic E-state index is 13.0. The standard InChI is InChI=1S/C28H36N6O3S/c1-7-20-21(14-29)25(33(5)16-23(36)34(6)17-28(3,4)18-35)32-27(22(20)15-30)38-24(26(37)31-8-2)19-12-10-9-11-13-19/h9-13,24,35H,7-8,16-18H2,1-6H3,(H,31,37). The van der Waals surface area contributed by atoms with Gasteiger partial charge in [-0.1, -0.05) is 62.9 Å². The lowest BCUT2D eigenvalue weighted by molar-refractivity contribution is -0.130. The number of hydrogen-bond donors (Lipinski definition) is 2. The van der Waals surface area contributed by atoms with Crippen molar-refractivity contribution in [1.82, 2.24) is 15.2 Å². The van der Waals surface area contributed by atoms with Gasteiger partial charge in [-0.25, -0.2) is 4.98 Å². The maximum atomic E-state index is 13.0. The van der Waals surface area contributed by atoms with Crippen LogP contribution in [-0.4, -0.2) is 67.1 Å². The molecular weight excluding hydrogens is 500 g/mol. The molecular formula is C28H36N6O3S. The van der Waals surface area contributed by atoms with E-state index in [0.717, 1.165) is 17.3 Å². The summed E-state index contributed by atoms with van der Waals surface area (Å²) in [5.74, 6) is -0.146. The average Bonchev–Trinajstić information content (AvgIpc) is 2.90. The van der Waals surface area contributed by atoms with Gasteiger partial charge in [-0.15, -0.1) is 0 Å². The first-order valence-corrected chi connectivity index (χ1v) is 13.3. The van der Waals surface area contributed by atoms with Gasteiger partial charge in [0.2, 0.25) is 11.8 Å². The van der Waals surface area contributed by atoms with Crippen molar-refractivity contribution >= 4 is 29.4 Å². The van der Waals surface area contributed by atoms with Gasteiger partial charge < -0.3 is 20.2 Å². The lowest BCUT2D eigenvalue weighted by atomic mass is 9.94. The highest BCUT2D eigenvalue weighted by Gasteiger charge is 2.29. The van der Waals surface area contributed by atoms with Crippen molar-refractivity contribution in [2.75, 3.05) is 45.2 Å². The lowest BCUT2D eigenvalue weighted by Crippen LogP contribution is -2.42. The molecule has 9 nitrogen and oxygen atoms in total. The van der Waals surface area contributed by atoms with Gasteiger partial charge in [0, 0.05) is 39.2 Å². The number of thioether (sulfide) groups is 1. The number of aliphatic hydroxyl groups is 1. The van der Waals surface area contributed by atoms with Gasteiger partial charge in [0.05, 0.1) is 17.7 Å². The van der Waals surface area contributed by atoms with Gasteiger partial charge in [-0.2, -0.15) is 10.5 Å². The van der Waals surface area contributed by atoms with Crippen molar-refractivity contribution in [3.8, 4) is 12.1 Å². The number of nitrogens with zero attached hydrogens (tertiary/aromatic N) is 5. The summed E-state index contributed by atoms with van der Waals surface area (Å²) in [7, 11) is 3.34. The zero-order chi connectivity index (χ0) is 28.5. The van der Waals surface area contributed by atoms with Crippen molar-refractivity contribution in [3.05, 3.63) is 52.6 Å². The second kappa shape index (κ2) is 13.8. The van der Waals surface area contributed by atoms with Crippen LogP contribution in [0, 0.1) is 28.1 Å². The van der Waals surface area contributed by atoms with Crippen molar-refractivity contribution in [3.63, 3.8) is 0 Å². The number of carbonyl (C=O) groups is 2. The summed E-state index contributed by atoms with van der Waals surface area (Å²) in [4.78, 5) is 33.8. The Balaban J connectivity index is 2.55. The number of hydrogen-bond acceptors (Lipinski definition) is 8. The molecule has 0 aliphatic heterocycles. The molecule has 1 atom stereocenters. The van der Waals surface area contributed by atoms with E-state index in [2.05, 4.69) is 22.4 Å². The minimum absolute atomic E-state index is 0.0582. The van der Waals surface area contributed by atoms with Crippen molar-refractivity contribution in [2.45, 2.75) is 44.4 Å². The molecule has 2 amide bonds. The zero-order valence-electron chi connectivity index (χ0n) is 22.9. The van der Waals surface area contributed by atoms with E-state index in [4.69, 9.17) is 0 Å². The normalized spacial score (nSPS) is 11.7. The van der Waals surface area contributed by atoms with Crippen molar-refractivity contribution < 1.29 is 14.7 Å². The first-order chi connectivity index (χ1) is 18.0. The Morgan fingerprint density at radius 3 is 2.29 bits per heavy atom. The molecule has 0 saturated heterocycles.